The molecule has 0 bridgehead atoms. The van der Waals surface area contributed by atoms with Crippen LogP contribution in [0.15, 0.2) is 65.1 Å². The first-order valence-corrected chi connectivity index (χ1v) is 9.13. The highest BCUT2D eigenvalue weighted by molar-refractivity contribution is 5.97. The van der Waals surface area contributed by atoms with E-state index in [0.29, 0.717) is 17.0 Å². The molecule has 3 rings (SSSR count). The number of hydrogen-bond donors (Lipinski definition) is 1. The Morgan fingerprint density at radius 3 is 2.21 bits per heavy atom. The molecule has 0 aliphatic rings. The summed E-state index contributed by atoms with van der Waals surface area (Å²) >= 11 is 0. The van der Waals surface area contributed by atoms with Crippen molar-refractivity contribution in [3.63, 3.8) is 0 Å². The predicted octanol–water partition coefficient (Wildman–Crippen LogP) is 4.64. The Hall–Kier alpha value is -3.67. The van der Waals surface area contributed by atoms with Crippen LogP contribution < -0.4 is 5.32 Å². The number of hydrogen-bond acceptors (Lipinski definition) is 5. The van der Waals surface area contributed by atoms with Crippen LogP contribution in [0.4, 0.5) is 5.69 Å². The SMILES string of the molecule is CC(=O)c1ccc(-c2ccc(C(=O)O[C@@H](C)C(=O)Nc3ccc(C)cc3)o2)cc1. The van der Waals surface area contributed by atoms with Crippen LogP contribution in [-0.4, -0.2) is 23.8 Å². The molecule has 0 unspecified atom stereocenters. The van der Waals surface area contributed by atoms with Crippen LogP contribution in [0.5, 0.6) is 0 Å². The number of esters is 1. The molecule has 2 aromatic carbocycles. The van der Waals surface area contributed by atoms with Gasteiger partial charge in [-0.05, 0) is 45.0 Å². The number of aryl methyl sites for hydroxylation is 1. The van der Waals surface area contributed by atoms with Gasteiger partial charge in [-0.3, -0.25) is 9.59 Å². The topological polar surface area (TPSA) is 85.6 Å². The Labute approximate surface area is 168 Å². The van der Waals surface area contributed by atoms with E-state index in [1.807, 2.05) is 19.1 Å². The first kappa shape index (κ1) is 20.1. The minimum atomic E-state index is -0.993. The molecule has 0 saturated heterocycles. The van der Waals surface area contributed by atoms with Crippen LogP contribution in [0, 0.1) is 6.92 Å². The molecule has 6 heteroatoms. The Morgan fingerprint density at radius 1 is 0.931 bits per heavy atom. The van der Waals surface area contributed by atoms with Gasteiger partial charge in [-0.15, -0.1) is 0 Å². The van der Waals surface area contributed by atoms with Crippen molar-refractivity contribution in [1.82, 2.24) is 0 Å². The average molecular weight is 391 g/mol. The molecule has 1 amide bonds. The summed E-state index contributed by atoms with van der Waals surface area (Å²) in [5, 5.41) is 2.70. The van der Waals surface area contributed by atoms with Crippen LogP contribution in [0.2, 0.25) is 0 Å². The lowest BCUT2D eigenvalue weighted by Gasteiger charge is -2.12. The second-order valence-corrected chi connectivity index (χ2v) is 6.70. The number of ether oxygens (including phenoxy) is 1. The van der Waals surface area contributed by atoms with Crippen molar-refractivity contribution in [3.8, 4) is 11.3 Å². The Kier molecular flexibility index (Phi) is 5.93. The summed E-state index contributed by atoms with van der Waals surface area (Å²) in [6.07, 6.45) is -0.993. The lowest BCUT2D eigenvalue weighted by Crippen LogP contribution is -2.29. The molecule has 6 nitrogen and oxygen atoms in total. The van der Waals surface area contributed by atoms with Crippen LogP contribution in [0.25, 0.3) is 11.3 Å². The molecular formula is C23H21NO5. The van der Waals surface area contributed by atoms with E-state index >= 15 is 0 Å². The molecular weight excluding hydrogens is 370 g/mol. The Morgan fingerprint density at radius 2 is 1.59 bits per heavy atom. The molecule has 0 aliphatic heterocycles. The zero-order chi connectivity index (χ0) is 21.0. The monoisotopic (exact) mass is 391 g/mol. The van der Waals surface area contributed by atoms with Crippen molar-refractivity contribution in [2.45, 2.75) is 26.9 Å². The maximum atomic E-state index is 12.3. The fourth-order valence-corrected chi connectivity index (χ4v) is 2.62. The van der Waals surface area contributed by atoms with Gasteiger partial charge in [0.1, 0.15) is 5.76 Å². The van der Waals surface area contributed by atoms with Gasteiger partial charge in [0, 0.05) is 16.8 Å². The van der Waals surface area contributed by atoms with E-state index in [1.54, 1.807) is 42.5 Å². The lowest BCUT2D eigenvalue weighted by atomic mass is 10.1. The fraction of sp³-hybridized carbons (Fsp3) is 0.174. The van der Waals surface area contributed by atoms with Gasteiger partial charge < -0.3 is 14.5 Å². The number of anilines is 1. The van der Waals surface area contributed by atoms with Gasteiger partial charge in [0.15, 0.2) is 11.9 Å². The summed E-state index contributed by atoms with van der Waals surface area (Å²) in [5.41, 5.74) is 3.01. The second kappa shape index (κ2) is 8.56. The lowest BCUT2D eigenvalue weighted by molar-refractivity contribution is -0.123. The molecule has 1 heterocycles. The van der Waals surface area contributed by atoms with E-state index in [2.05, 4.69) is 5.32 Å². The third-order valence-corrected chi connectivity index (χ3v) is 4.36. The quantitative estimate of drug-likeness (QED) is 0.489. The van der Waals surface area contributed by atoms with Crippen LogP contribution in [-0.2, 0) is 9.53 Å². The van der Waals surface area contributed by atoms with Crippen molar-refractivity contribution < 1.29 is 23.5 Å². The molecule has 0 radical (unpaired) electrons. The van der Waals surface area contributed by atoms with E-state index in [-0.39, 0.29) is 11.5 Å². The number of benzene rings is 2. The number of furan rings is 1. The molecule has 1 N–H and O–H groups in total. The number of carbonyl (C=O) groups excluding carboxylic acids is 3. The van der Waals surface area contributed by atoms with Gasteiger partial charge in [-0.25, -0.2) is 4.79 Å². The number of rotatable bonds is 6. The molecule has 148 valence electrons. The Bertz CT molecular complexity index is 1030. The Balaban J connectivity index is 1.62. The molecule has 1 atom stereocenters. The normalized spacial score (nSPS) is 11.6. The van der Waals surface area contributed by atoms with Gasteiger partial charge in [0.05, 0.1) is 0 Å². The highest BCUT2D eigenvalue weighted by atomic mass is 16.6. The van der Waals surface area contributed by atoms with Crippen LogP contribution in [0.1, 0.15) is 40.3 Å². The molecule has 0 aliphatic carbocycles. The predicted molar refractivity (Wildman–Crippen MR) is 109 cm³/mol. The molecule has 3 aromatic rings. The van der Waals surface area contributed by atoms with Gasteiger partial charge in [0.2, 0.25) is 5.76 Å². The van der Waals surface area contributed by atoms with E-state index in [1.165, 1.54) is 19.9 Å². The number of Topliss-reactive ketones (excluding diaryl/α,β-unsaturated/α-hetero) is 1. The first-order valence-electron chi connectivity index (χ1n) is 9.13. The van der Waals surface area contributed by atoms with E-state index in [0.717, 1.165) is 11.1 Å². The zero-order valence-corrected chi connectivity index (χ0v) is 16.4. The van der Waals surface area contributed by atoms with Crippen molar-refractivity contribution in [1.29, 1.82) is 0 Å². The van der Waals surface area contributed by atoms with E-state index in [9.17, 15) is 14.4 Å². The van der Waals surface area contributed by atoms with E-state index in [4.69, 9.17) is 9.15 Å². The maximum absolute atomic E-state index is 12.3. The average Bonchev–Trinajstić information content (AvgIpc) is 3.20. The van der Waals surface area contributed by atoms with Gasteiger partial charge in [-0.1, -0.05) is 42.0 Å². The van der Waals surface area contributed by atoms with Crippen molar-refractivity contribution in [2.24, 2.45) is 0 Å². The summed E-state index contributed by atoms with van der Waals surface area (Å²) in [4.78, 5) is 35.9. The summed E-state index contributed by atoms with van der Waals surface area (Å²) < 4.78 is 10.8. The molecule has 0 fully saturated rings. The molecule has 29 heavy (non-hydrogen) atoms. The minimum absolute atomic E-state index is 0.00868. The van der Waals surface area contributed by atoms with Crippen molar-refractivity contribution in [2.75, 3.05) is 5.32 Å². The number of amides is 1. The zero-order valence-electron chi connectivity index (χ0n) is 16.4. The van der Waals surface area contributed by atoms with Crippen LogP contribution >= 0.6 is 0 Å². The molecule has 0 spiro atoms. The minimum Gasteiger partial charge on any atom is -0.449 e. The highest BCUT2D eigenvalue weighted by Crippen LogP contribution is 2.23. The maximum Gasteiger partial charge on any atom is 0.375 e. The summed E-state index contributed by atoms with van der Waals surface area (Å²) in [6, 6.07) is 17.3. The molecule has 0 saturated carbocycles. The smallest absolute Gasteiger partial charge is 0.375 e. The summed E-state index contributed by atoms with van der Waals surface area (Å²) in [5.74, 6) is -0.746. The number of ketones is 1. The summed E-state index contributed by atoms with van der Waals surface area (Å²) in [7, 11) is 0. The standard InChI is InChI=1S/C23H21NO5/c1-14-4-10-19(11-5-14)24-22(26)16(3)28-23(27)21-13-12-20(29-21)18-8-6-17(7-9-18)15(2)25/h4-13,16H,1-3H3,(H,24,26)/t16-/m0/s1. The van der Waals surface area contributed by atoms with Gasteiger partial charge in [-0.2, -0.15) is 0 Å². The van der Waals surface area contributed by atoms with Crippen molar-refractivity contribution in [3.05, 3.63) is 77.6 Å². The third kappa shape index (κ3) is 4.99. The van der Waals surface area contributed by atoms with Crippen LogP contribution in [0.3, 0.4) is 0 Å². The highest BCUT2D eigenvalue weighted by Gasteiger charge is 2.21. The number of nitrogens with one attached hydrogen (secondary N) is 1. The first-order chi connectivity index (χ1) is 13.8. The van der Waals surface area contributed by atoms with Crippen molar-refractivity contribution >= 4 is 23.3 Å². The third-order valence-electron chi connectivity index (χ3n) is 4.36. The second-order valence-electron chi connectivity index (χ2n) is 6.70. The van der Waals surface area contributed by atoms with E-state index < -0.39 is 18.0 Å². The van der Waals surface area contributed by atoms with Gasteiger partial charge in [0.25, 0.3) is 5.91 Å². The number of carbonyl (C=O) groups is 3. The summed E-state index contributed by atoms with van der Waals surface area (Å²) in [6.45, 7) is 4.93. The fourth-order valence-electron chi connectivity index (χ4n) is 2.62. The largest absolute Gasteiger partial charge is 0.449 e. The molecule has 1 aromatic heterocycles. The van der Waals surface area contributed by atoms with Gasteiger partial charge >= 0.3 is 5.97 Å².